The van der Waals surface area contributed by atoms with Crippen molar-refractivity contribution in [3.63, 3.8) is 0 Å². The topological polar surface area (TPSA) is 67.2 Å². The Hall–Kier alpha value is -2.01. The van der Waals surface area contributed by atoms with Crippen LogP contribution in [0.2, 0.25) is 5.02 Å². The first-order valence-corrected chi connectivity index (χ1v) is 7.49. The van der Waals surface area contributed by atoms with E-state index in [2.05, 4.69) is 15.8 Å². The molecule has 2 amide bonds. The van der Waals surface area contributed by atoms with E-state index in [-0.39, 0.29) is 11.4 Å². The van der Waals surface area contributed by atoms with Crippen LogP contribution in [0.1, 0.15) is 32.1 Å². The van der Waals surface area contributed by atoms with E-state index in [4.69, 9.17) is 16.1 Å². The van der Waals surface area contributed by atoms with Gasteiger partial charge in [-0.05, 0) is 24.1 Å². The molecule has 0 aliphatic rings. The van der Waals surface area contributed by atoms with Crippen LogP contribution >= 0.6 is 11.6 Å². The van der Waals surface area contributed by atoms with Crippen LogP contribution < -0.4 is 10.6 Å². The normalized spacial score (nSPS) is 11.3. The highest BCUT2D eigenvalue weighted by molar-refractivity contribution is 6.30. The number of hydrogen-bond acceptors (Lipinski definition) is 3. The Bertz CT molecular complexity index is 647. The number of rotatable bonds is 4. The molecule has 0 aliphatic carbocycles. The van der Waals surface area contributed by atoms with Gasteiger partial charge in [0.1, 0.15) is 5.76 Å². The summed E-state index contributed by atoms with van der Waals surface area (Å²) in [4.78, 5) is 11.8. The molecule has 0 saturated heterocycles. The molecule has 1 heterocycles. The molecule has 2 N–H and O–H groups in total. The smallest absolute Gasteiger partial charge is 0.320 e. The van der Waals surface area contributed by atoms with Gasteiger partial charge in [0, 0.05) is 23.0 Å². The SMILES string of the molecule is CC(C)(C)c1cc(NC(=O)NCCc2cccc(Cl)c2)no1. The number of carbonyl (C=O) groups excluding carboxylic acids is 1. The molecule has 5 nitrogen and oxygen atoms in total. The molecule has 1 aromatic heterocycles. The van der Waals surface area contributed by atoms with E-state index in [1.165, 1.54) is 0 Å². The van der Waals surface area contributed by atoms with E-state index < -0.39 is 0 Å². The van der Waals surface area contributed by atoms with Gasteiger partial charge in [0.15, 0.2) is 5.82 Å². The lowest BCUT2D eigenvalue weighted by atomic mass is 9.93. The fourth-order valence-corrected chi connectivity index (χ4v) is 2.07. The number of aromatic nitrogens is 1. The molecule has 6 heteroatoms. The highest BCUT2D eigenvalue weighted by Gasteiger charge is 2.20. The first kappa shape index (κ1) is 16.4. The summed E-state index contributed by atoms with van der Waals surface area (Å²) in [6.07, 6.45) is 0.708. The molecule has 22 heavy (non-hydrogen) atoms. The van der Waals surface area contributed by atoms with Gasteiger partial charge in [0.25, 0.3) is 0 Å². The fourth-order valence-electron chi connectivity index (χ4n) is 1.86. The van der Waals surface area contributed by atoms with Crippen LogP contribution in [0, 0.1) is 0 Å². The molecule has 0 spiro atoms. The summed E-state index contributed by atoms with van der Waals surface area (Å²) in [5, 5.41) is 9.95. The minimum Gasteiger partial charge on any atom is -0.359 e. The fraction of sp³-hybridized carbons (Fsp3) is 0.375. The second-order valence-corrected chi connectivity index (χ2v) is 6.52. The number of urea groups is 1. The molecule has 2 aromatic rings. The highest BCUT2D eigenvalue weighted by Crippen LogP contribution is 2.24. The third-order valence-electron chi connectivity index (χ3n) is 3.08. The number of amides is 2. The lowest BCUT2D eigenvalue weighted by Gasteiger charge is -2.12. The van der Waals surface area contributed by atoms with Gasteiger partial charge in [-0.1, -0.05) is 49.7 Å². The summed E-state index contributed by atoms with van der Waals surface area (Å²) in [5.74, 6) is 1.13. The van der Waals surface area contributed by atoms with Gasteiger partial charge in [-0.25, -0.2) is 4.79 Å². The van der Waals surface area contributed by atoms with Gasteiger partial charge in [-0.15, -0.1) is 0 Å². The number of halogens is 1. The number of benzene rings is 1. The van der Waals surface area contributed by atoms with Crippen LogP contribution in [0.5, 0.6) is 0 Å². The van der Waals surface area contributed by atoms with Crippen molar-refractivity contribution in [2.24, 2.45) is 0 Å². The summed E-state index contributed by atoms with van der Waals surface area (Å²) in [7, 11) is 0. The van der Waals surface area contributed by atoms with Crippen LogP contribution in [0.3, 0.4) is 0 Å². The average molecular weight is 322 g/mol. The maximum Gasteiger partial charge on any atom is 0.320 e. The minimum absolute atomic E-state index is 0.143. The third-order valence-corrected chi connectivity index (χ3v) is 3.31. The molecule has 0 aliphatic heterocycles. The predicted octanol–water partition coefficient (Wildman–Crippen LogP) is 3.99. The lowest BCUT2D eigenvalue weighted by molar-refractivity contribution is 0.252. The molecule has 0 saturated carbocycles. The van der Waals surface area contributed by atoms with Crippen molar-refractivity contribution in [3.05, 3.63) is 46.7 Å². The Morgan fingerprint density at radius 2 is 2.09 bits per heavy atom. The van der Waals surface area contributed by atoms with E-state index in [1.807, 2.05) is 45.0 Å². The van der Waals surface area contributed by atoms with Gasteiger partial charge in [0.05, 0.1) is 0 Å². The highest BCUT2D eigenvalue weighted by atomic mass is 35.5. The standard InChI is InChI=1S/C16H20ClN3O2/c1-16(2,3)13-10-14(20-22-13)19-15(21)18-8-7-11-5-4-6-12(17)9-11/h4-6,9-10H,7-8H2,1-3H3,(H2,18,19,20,21). The van der Waals surface area contributed by atoms with Crippen LogP contribution in [0.4, 0.5) is 10.6 Å². The van der Waals surface area contributed by atoms with Gasteiger partial charge < -0.3 is 9.84 Å². The van der Waals surface area contributed by atoms with E-state index in [0.29, 0.717) is 23.8 Å². The average Bonchev–Trinajstić information content (AvgIpc) is 2.87. The van der Waals surface area contributed by atoms with E-state index in [1.54, 1.807) is 6.07 Å². The first-order chi connectivity index (χ1) is 10.3. The molecular weight excluding hydrogens is 302 g/mol. The zero-order valence-corrected chi connectivity index (χ0v) is 13.7. The quantitative estimate of drug-likeness (QED) is 0.894. The summed E-state index contributed by atoms with van der Waals surface area (Å²) in [6.45, 7) is 6.56. The monoisotopic (exact) mass is 321 g/mol. The van der Waals surface area contributed by atoms with Crippen molar-refractivity contribution in [3.8, 4) is 0 Å². The van der Waals surface area contributed by atoms with Crippen molar-refractivity contribution in [1.29, 1.82) is 0 Å². The number of hydrogen-bond donors (Lipinski definition) is 2. The number of anilines is 1. The predicted molar refractivity (Wildman–Crippen MR) is 87.4 cm³/mol. The first-order valence-electron chi connectivity index (χ1n) is 7.11. The lowest BCUT2D eigenvalue weighted by Crippen LogP contribution is -2.30. The largest absolute Gasteiger partial charge is 0.359 e. The zero-order chi connectivity index (χ0) is 16.2. The van der Waals surface area contributed by atoms with E-state index >= 15 is 0 Å². The summed E-state index contributed by atoms with van der Waals surface area (Å²) in [5.41, 5.74) is 0.931. The number of nitrogens with one attached hydrogen (secondary N) is 2. The maximum absolute atomic E-state index is 11.8. The molecular formula is C16H20ClN3O2. The summed E-state index contributed by atoms with van der Waals surface area (Å²) < 4.78 is 5.21. The molecule has 2 rings (SSSR count). The third kappa shape index (κ3) is 4.77. The zero-order valence-electron chi connectivity index (χ0n) is 12.9. The second kappa shape index (κ2) is 6.83. The Morgan fingerprint density at radius 1 is 1.32 bits per heavy atom. The van der Waals surface area contributed by atoms with Crippen LogP contribution in [-0.2, 0) is 11.8 Å². The van der Waals surface area contributed by atoms with Gasteiger partial charge in [0.2, 0.25) is 0 Å². The molecule has 0 radical (unpaired) electrons. The Kier molecular flexibility index (Phi) is 5.08. The molecule has 1 aromatic carbocycles. The number of carbonyl (C=O) groups is 1. The Labute approximate surface area is 135 Å². The van der Waals surface area contributed by atoms with Crippen LogP contribution in [0.15, 0.2) is 34.9 Å². The molecule has 0 unspecified atom stereocenters. The van der Waals surface area contributed by atoms with Gasteiger partial charge in [-0.3, -0.25) is 5.32 Å². The van der Waals surface area contributed by atoms with Gasteiger partial charge in [-0.2, -0.15) is 0 Å². The van der Waals surface area contributed by atoms with Gasteiger partial charge >= 0.3 is 6.03 Å². The molecule has 0 atom stereocenters. The number of nitrogens with zero attached hydrogens (tertiary/aromatic N) is 1. The molecule has 0 fully saturated rings. The maximum atomic E-state index is 11.8. The van der Waals surface area contributed by atoms with Crippen molar-refractivity contribution in [2.75, 3.05) is 11.9 Å². The molecule has 0 bridgehead atoms. The van der Waals surface area contributed by atoms with Crippen LogP contribution in [-0.4, -0.2) is 17.7 Å². The molecule has 118 valence electrons. The van der Waals surface area contributed by atoms with Crippen LogP contribution in [0.25, 0.3) is 0 Å². The summed E-state index contributed by atoms with van der Waals surface area (Å²) >= 11 is 5.91. The summed E-state index contributed by atoms with van der Waals surface area (Å²) in [6, 6.07) is 8.99. The van der Waals surface area contributed by atoms with E-state index in [9.17, 15) is 4.79 Å². The van der Waals surface area contributed by atoms with Crippen molar-refractivity contribution < 1.29 is 9.32 Å². The Balaban J connectivity index is 1.80. The Morgan fingerprint density at radius 3 is 2.73 bits per heavy atom. The minimum atomic E-state index is -0.309. The van der Waals surface area contributed by atoms with Crippen molar-refractivity contribution in [1.82, 2.24) is 10.5 Å². The van der Waals surface area contributed by atoms with Crippen molar-refractivity contribution >= 4 is 23.4 Å². The van der Waals surface area contributed by atoms with Crippen molar-refractivity contribution in [2.45, 2.75) is 32.6 Å². The second-order valence-electron chi connectivity index (χ2n) is 6.09. The van der Waals surface area contributed by atoms with E-state index in [0.717, 1.165) is 11.3 Å².